The zero-order valence-corrected chi connectivity index (χ0v) is 11.8. The highest BCUT2D eigenvalue weighted by Crippen LogP contribution is 2.40. The van der Waals surface area contributed by atoms with Crippen molar-refractivity contribution in [3.8, 4) is 11.4 Å². The fraction of sp³-hybridized carbons (Fsp3) is 0.308. The summed E-state index contributed by atoms with van der Waals surface area (Å²) >= 11 is 7.19. The van der Waals surface area contributed by atoms with Gasteiger partial charge in [0, 0.05) is 35.3 Å². The summed E-state index contributed by atoms with van der Waals surface area (Å²) < 4.78 is 2.23. The molecule has 1 saturated carbocycles. The Kier molecular flexibility index (Phi) is 3.84. The van der Waals surface area contributed by atoms with Crippen LogP contribution in [-0.4, -0.2) is 25.5 Å². The van der Waals surface area contributed by atoms with Gasteiger partial charge in [-0.15, -0.1) is 10.2 Å². The molecule has 0 N–H and O–H groups in total. The molecular weight excluding hydrogens is 280 g/mol. The molecule has 1 aliphatic carbocycles. The monoisotopic (exact) mass is 292 g/mol. The van der Waals surface area contributed by atoms with Gasteiger partial charge in [0.05, 0.1) is 0 Å². The lowest BCUT2D eigenvalue weighted by Gasteiger charge is -2.07. The Hall–Kier alpha value is -1.33. The molecule has 0 spiro atoms. The van der Waals surface area contributed by atoms with E-state index in [1.807, 2.05) is 24.4 Å². The molecule has 2 aromatic rings. The Morgan fingerprint density at radius 2 is 2.32 bits per heavy atom. The first kappa shape index (κ1) is 12.7. The van der Waals surface area contributed by atoms with E-state index in [1.54, 1.807) is 18.0 Å². The first-order valence-electron chi connectivity index (χ1n) is 6.13. The predicted molar refractivity (Wildman–Crippen MR) is 77.2 cm³/mol. The molecule has 0 radical (unpaired) electrons. The quantitative estimate of drug-likeness (QED) is 0.791. The van der Waals surface area contributed by atoms with Gasteiger partial charge in [-0.3, -0.25) is 9.55 Å². The maximum Gasteiger partial charge on any atom is 0.192 e. The van der Waals surface area contributed by atoms with Gasteiger partial charge in [0.25, 0.3) is 0 Å². The Bertz CT molecular complexity index is 578. The molecule has 98 valence electrons. The Morgan fingerprint density at radius 1 is 1.42 bits per heavy atom. The summed E-state index contributed by atoms with van der Waals surface area (Å²) in [6.07, 6.45) is 7.90. The number of pyridine rings is 1. The van der Waals surface area contributed by atoms with Crippen molar-refractivity contribution in [3.63, 3.8) is 0 Å². The van der Waals surface area contributed by atoms with E-state index < -0.39 is 0 Å². The number of thioether (sulfide) groups is 1. The van der Waals surface area contributed by atoms with Crippen LogP contribution in [0.1, 0.15) is 18.9 Å². The lowest BCUT2D eigenvalue weighted by Crippen LogP contribution is -1.99. The summed E-state index contributed by atoms with van der Waals surface area (Å²) in [7, 11) is 0. The number of hydrogen-bond acceptors (Lipinski definition) is 4. The van der Waals surface area contributed by atoms with Crippen molar-refractivity contribution < 1.29 is 0 Å². The minimum atomic E-state index is 0.535. The van der Waals surface area contributed by atoms with E-state index in [0.29, 0.717) is 6.04 Å². The van der Waals surface area contributed by atoms with Crippen molar-refractivity contribution in [2.75, 3.05) is 5.75 Å². The fourth-order valence-corrected chi connectivity index (χ4v) is 2.90. The summed E-state index contributed by atoms with van der Waals surface area (Å²) in [6.45, 7) is 0. The zero-order chi connectivity index (χ0) is 13.1. The summed E-state index contributed by atoms with van der Waals surface area (Å²) in [5.41, 5.74) is 2.55. The zero-order valence-electron chi connectivity index (χ0n) is 10.2. The van der Waals surface area contributed by atoms with Crippen LogP contribution in [0.15, 0.2) is 41.3 Å². The van der Waals surface area contributed by atoms with Crippen LogP contribution in [0.25, 0.3) is 11.4 Å². The molecule has 0 unspecified atom stereocenters. The van der Waals surface area contributed by atoms with Crippen LogP contribution < -0.4 is 0 Å². The second kappa shape index (κ2) is 5.75. The maximum atomic E-state index is 5.54. The first-order valence-corrected chi connectivity index (χ1v) is 7.55. The van der Waals surface area contributed by atoms with Gasteiger partial charge in [0.1, 0.15) is 0 Å². The summed E-state index contributed by atoms with van der Waals surface area (Å²) in [6, 6.07) is 4.47. The van der Waals surface area contributed by atoms with E-state index in [0.717, 1.165) is 22.3 Å². The summed E-state index contributed by atoms with van der Waals surface area (Å²) in [5.74, 6) is 1.72. The van der Waals surface area contributed by atoms with Crippen LogP contribution in [0.5, 0.6) is 0 Å². The summed E-state index contributed by atoms with van der Waals surface area (Å²) in [4.78, 5) is 4.15. The molecule has 0 aliphatic heterocycles. The minimum absolute atomic E-state index is 0.535. The first-order chi connectivity index (χ1) is 9.40. The molecule has 19 heavy (non-hydrogen) atoms. The van der Waals surface area contributed by atoms with Crippen molar-refractivity contribution in [2.45, 2.75) is 24.0 Å². The smallest absolute Gasteiger partial charge is 0.192 e. The van der Waals surface area contributed by atoms with Gasteiger partial charge in [-0.05, 0) is 25.0 Å². The topological polar surface area (TPSA) is 43.6 Å². The molecule has 1 aliphatic rings. The third-order valence-electron chi connectivity index (χ3n) is 2.89. The lowest BCUT2D eigenvalue weighted by atomic mass is 10.3. The van der Waals surface area contributed by atoms with Gasteiger partial charge < -0.3 is 0 Å². The van der Waals surface area contributed by atoms with Crippen LogP contribution in [0, 0.1) is 0 Å². The second-order valence-corrected chi connectivity index (χ2v) is 5.56. The van der Waals surface area contributed by atoms with Crippen molar-refractivity contribution in [2.24, 2.45) is 0 Å². The largest absolute Gasteiger partial charge is 0.299 e. The molecular formula is C13H13ClN4S. The van der Waals surface area contributed by atoms with Crippen LogP contribution >= 0.6 is 23.4 Å². The molecule has 3 rings (SSSR count). The highest BCUT2D eigenvalue weighted by molar-refractivity contribution is 7.99. The van der Waals surface area contributed by atoms with E-state index in [1.165, 1.54) is 18.4 Å². The van der Waals surface area contributed by atoms with Crippen molar-refractivity contribution in [1.82, 2.24) is 19.7 Å². The average molecular weight is 293 g/mol. The predicted octanol–water partition coefficient (Wildman–Crippen LogP) is 3.52. The minimum Gasteiger partial charge on any atom is -0.299 e. The molecule has 2 aromatic heterocycles. The molecule has 2 heterocycles. The highest BCUT2D eigenvalue weighted by Gasteiger charge is 2.29. The van der Waals surface area contributed by atoms with Crippen molar-refractivity contribution in [1.29, 1.82) is 0 Å². The molecule has 1 fully saturated rings. The molecule has 4 nitrogen and oxygen atoms in total. The van der Waals surface area contributed by atoms with Crippen LogP contribution in [0.2, 0.25) is 0 Å². The second-order valence-electron chi connectivity index (χ2n) is 4.32. The van der Waals surface area contributed by atoms with E-state index in [9.17, 15) is 0 Å². The van der Waals surface area contributed by atoms with E-state index in [-0.39, 0.29) is 0 Å². The Morgan fingerprint density at radius 3 is 3.00 bits per heavy atom. The van der Waals surface area contributed by atoms with Crippen LogP contribution in [0.3, 0.4) is 0 Å². The van der Waals surface area contributed by atoms with E-state index >= 15 is 0 Å². The van der Waals surface area contributed by atoms with Gasteiger partial charge in [0.2, 0.25) is 0 Å². The SMILES string of the molecule is Cl/C=C/CSc1nnc(-c2cccnc2)n1C1CC1. The molecule has 0 bridgehead atoms. The Labute approximate surface area is 120 Å². The van der Waals surface area contributed by atoms with Crippen LogP contribution in [0.4, 0.5) is 0 Å². The maximum absolute atomic E-state index is 5.54. The molecule has 0 atom stereocenters. The van der Waals surface area contributed by atoms with Crippen molar-refractivity contribution in [3.05, 3.63) is 36.1 Å². The average Bonchev–Trinajstić information content (AvgIpc) is 3.21. The third-order valence-corrected chi connectivity index (χ3v) is 3.97. The number of hydrogen-bond donors (Lipinski definition) is 0. The highest BCUT2D eigenvalue weighted by atomic mass is 35.5. The fourth-order valence-electron chi connectivity index (χ4n) is 1.89. The molecule has 0 saturated heterocycles. The molecule has 6 heteroatoms. The van der Waals surface area contributed by atoms with E-state index in [2.05, 4.69) is 19.7 Å². The molecule has 0 amide bonds. The number of aromatic nitrogens is 4. The van der Waals surface area contributed by atoms with Crippen LogP contribution in [-0.2, 0) is 0 Å². The number of halogens is 1. The van der Waals surface area contributed by atoms with Crippen molar-refractivity contribution >= 4 is 23.4 Å². The Balaban J connectivity index is 1.92. The number of nitrogens with zero attached hydrogens (tertiary/aromatic N) is 4. The van der Waals surface area contributed by atoms with Gasteiger partial charge >= 0.3 is 0 Å². The standard InChI is InChI=1S/C13H13ClN4S/c14-6-2-8-19-13-17-16-12(18(13)11-4-5-11)10-3-1-7-15-9-10/h1-3,6-7,9,11H,4-5,8H2/b6-2+. The lowest BCUT2D eigenvalue weighted by molar-refractivity contribution is 0.669. The summed E-state index contributed by atoms with van der Waals surface area (Å²) in [5, 5.41) is 9.57. The van der Waals surface area contributed by atoms with Gasteiger partial charge in [0.15, 0.2) is 11.0 Å². The van der Waals surface area contributed by atoms with E-state index in [4.69, 9.17) is 11.6 Å². The van der Waals surface area contributed by atoms with Gasteiger partial charge in [-0.2, -0.15) is 0 Å². The van der Waals surface area contributed by atoms with Gasteiger partial charge in [-0.25, -0.2) is 0 Å². The van der Waals surface area contributed by atoms with Gasteiger partial charge in [-0.1, -0.05) is 29.4 Å². The molecule has 0 aromatic carbocycles. The normalized spacial score (nSPS) is 15.2. The third kappa shape index (κ3) is 2.82. The number of rotatable bonds is 5.